The van der Waals surface area contributed by atoms with Gasteiger partial charge >= 0.3 is 0 Å². The molecule has 1 fully saturated rings. The number of anilines is 1. The van der Waals surface area contributed by atoms with Crippen LogP contribution in [0.5, 0.6) is 0 Å². The average Bonchev–Trinajstić information content (AvgIpc) is 3.26. The lowest BCUT2D eigenvalue weighted by atomic mass is 9.97. The van der Waals surface area contributed by atoms with Gasteiger partial charge in [0, 0.05) is 36.8 Å². The van der Waals surface area contributed by atoms with E-state index in [-0.39, 0.29) is 22.8 Å². The Hall–Kier alpha value is -3.26. The number of halogens is 2. The summed E-state index contributed by atoms with van der Waals surface area (Å²) in [5, 5.41) is 6.69. The molecule has 2 heterocycles. The first-order valence-electron chi connectivity index (χ1n) is 9.86. The monoisotopic (exact) mass is 442 g/mol. The van der Waals surface area contributed by atoms with Crippen molar-refractivity contribution in [3.05, 3.63) is 64.8 Å². The summed E-state index contributed by atoms with van der Waals surface area (Å²) in [4.78, 5) is 30.2. The van der Waals surface area contributed by atoms with Gasteiger partial charge in [-0.2, -0.15) is 4.98 Å². The van der Waals surface area contributed by atoms with Gasteiger partial charge in [0.2, 0.25) is 17.6 Å². The van der Waals surface area contributed by atoms with Crippen LogP contribution in [0.1, 0.15) is 41.9 Å². The molecule has 2 amide bonds. The smallest absolute Gasteiger partial charge is 0.253 e. The summed E-state index contributed by atoms with van der Waals surface area (Å²) in [6.45, 7) is 2.47. The third-order valence-corrected chi connectivity index (χ3v) is 5.42. The van der Waals surface area contributed by atoms with Gasteiger partial charge < -0.3 is 14.7 Å². The second-order valence-electron chi connectivity index (χ2n) is 7.43. The van der Waals surface area contributed by atoms with Crippen LogP contribution >= 0.6 is 11.6 Å². The van der Waals surface area contributed by atoms with Gasteiger partial charge in [0.25, 0.3) is 5.91 Å². The fourth-order valence-electron chi connectivity index (χ4n) is 3.60. The highest BCUT2D eigenvalue weighted by atomic mass is 35.5. The summed E-state index contributed by atoms with van der Waals surface area (Å²) >= 11 is 5.82. The molecule has 9 heteroatoms. The number of hydrogen-bond acceptors (Lipinski definition) is 5. The minimum atomic E-state index is -0.557. The number of carbonyl (C=O) groups excluding carboxylic acids is 2. The lowest BCUT2D eigenvalue weighted by Gasteiger charge is -2.31. The number of hydrogen-bond donors (Lipinski definition) is 1. The van der Waals surface area contributed by atoms with Crippen molar-refractivity contribution < 1.29 is 18.5 Å². The van der Waals surface area contributed by atoms with Crippen LogP contribution in [-0.4, -0.2) is 39.9 Å². The van der Waals surface area contributed by atoms with Gasteiger partial charge in [-0.05, 0) is 55.3 Å². The van der Waals surface area contributed by atoms with Gasteiger partial charge in [-0.25, -0.2) is 4.39 Å². The molecule has 1 atom stereocenters. The van der Waals surface area contributed by atoms with Crippen LogP contribution in [-0.2, 0) is 4.79 Å². The first-order valence-corrected chi connectivity index (χ1v) is 10.2. The van der Waals surface area contributed by atoms with Crippen LogP contribution in [0.2, 0.25) is 5.02 Å². The van der Waals surface area contributed by atoms with Crippen LogP contribution in [0.3, 0.4) is 0 Å². The van der Waals surface area contributed by atoms with E-state index in [0.29, 0.717) is 36.1 Å². The van der Waals surface area contributed by atoms with Crippen molar-refractivity contribution in [2.75, 3.05) is 18.4 Å². The quantitative estimate of drug-likeness (QED) is 0.642. The first kappa shape index (κ1) is 21.0. The molecule has 0 unspecified atom stereocenters. The van der Waals surface area contributed by atoms with E-state index in [1.54, 1.807) is 29.2 Å². The molecule has 31 heavy (non-hydrogen) atoms. The Kier molecular flexibility index (Phi) is 5.99. The van der Waals surface area contributed by atoms with Crippen molar-refractivity contribution in [1.82, 2.24) is 15.0 Å². The molecule has 1 aliphatic rings. The number of aromatic nitrogens is 2. The molecule has 1 aliphatic heterocycles. The van der Waals surface area contributed by atoms with Gasteiger partial charge in [-0.1, -0.05) is 16.8 Å². The fourth-order valence-corrected chi connectivity index (χ4v) is 3.78. The van der Waals surface area contributed by atoms with Crippen LogP contribution in [0.25, 0.3) is 11.4 Å². The van der Waals surface area contributed by atoms with Crippen molar-refractivity contribution in [1.29, 1.82) is 0 Å². The van der Waals surface area contributed by atoms with E-state index < -0.39 is 5.82 Å². The van der Waals surface area contributed by atoms with E-state index in [2.05, 4.69) is 15.5 Å². The predicted molar refractivity (Wildman–Crippen MR) is 113 cm³/mol. The lowest BCUT2D eigenvalue weighted by molar-refractivity contribution is -0.114. The highest BCUT2D eigenvalue weighted by Crippen LogP contribution is 2.29. The molecular weight excluding hydrogens is 423 g/mol. The topological polar surface area (TPSA) is 88.3 Å². The molecule has 0 radical (unpaired) electrons. The highest BCUT2D eigenvalue weighted by Gasteiger charge is 2.29. The highest BCUT2D eigenvalue weighted by molar-refractivity contribution is 6.31. The summed E-state index contributed by atoms with van der Waals surface area (Å²) in [6.07, 6.45) is 1.60. The second kappa shape index (κ2) is 8.85. The molecule has 1 aromatic heterocycles. The molecule has 2 aromatic carbocycles. The van der Waals surface area contributed by atoms with E-state index in [9.17, 15) is 14.0 Å². The van der Waals surface area contributed by atoms with Crippen molar-refractivity contribution in [3.63, 3.8) is 0 Å². The minimum Gasteiger partial charge on any atom is -0.339 e. The summed E-state index contributed by atoms with van der Waals surface area (Å²) < 4.78 is 18.9. The molecule has 1 saturated heterocycles. The number of piperidine rings is 1. The molecule has 1 N–H and O–H groups in total. The SMILES string of the molecule is CC(=O)Nc1ccc(-c2noc([C@H]3CCCN(C(=O)c4ccc(F)c(Cl)c4)C3)n2)cc1. The molecule has 0 bridgehead atoms. The van der Waals surface area contributed by atoms with E-state index >= 15 is 0 Å². The summed E-state index contributed by atoms with van der Waals surface area (Å²) in [6, 6.07) is 11.1. The Morgan fingerprint density at radius 2 is 2.00 bits per heavy atom. The zero-order valence-electron chi connectivity index (χ0n) is 16.8. The fraction of sp³-hybridized carbons (Fsp3) is 0.273. The van der Waals surface area contributed by atoms with Gasteiger partial charge in [-0.3, -0.25) is 9.59 Å². The zero-order chi connectivity index (χ0) is 22.0. The van der Waals surface area contributed by atoms with E-state index in [1.165, 1.54) is 25.1 Å². The summed E-state index contributed by atoms with van der Waals surface area (Å²) in [5.74, 6) is -0.0886. The number of amides is 2. The molecular formula is C22H20ClFN4O3. The predicted octanol–water partition coefficient (Wildman–Crippen LogP) is 4.51. The Balaban J connectivity index is 1.46. The number of nitrogens with zero attached hydrogens (tertiary/aromatic N) is 3. The normalized spacial score (nSPS) is 16.2. The maximum atomic E-state index is 13.4. The maximum Gasteiger partial charge on any atom is 0.253 e. The lowest BCUT2D eigenvalue weighted by Crippen LogP contribution is -2.39. The van der Waals surface area contributed by atoms with Crippen molar-refractivity contribution in [3.8, 4) is 11.4 Å². The van der Waals surface area contributed by atoms with Crippen LogP contribution in [0.4, 0.5) is 10.1 Å². The Bertz CT molecular complexity index is 1120. The molecule has 0 saturated carbocycles. The number of likely N-dealkylation sites (tertiary alicyclic amines) is 1. The van der Waals surface area contributed by atoms with E-state index in [4.69, 9.17) is 16.1 Å². The average molecular weight is 443 g/mol. The Morgan fingerprint density at radius 1 is 1.23 bits per heavy atom. The minimum absolute atomic E-state index is 0.0783. The summed E-state index contributed by atoms with van der Waals surface area (Å²) in [7, 11) is 0. The third-order valence-electron chi connectivity index (χ3n) is 5.13. The van der Waals surface area contributed by atoms with Gasteiger partial charge in [-0.15, -0.1) is 0 Å². The molecule has 0 aliphatic carbocycles. The third kappa shape index (κ3) is 4.74. The number of benzene rings is 2. The number of nitrogens with one attached hydrogen (secondary N) is 1. The maximum absolute atomic E-state index is 13.4. The Morgan fingerprint density at radius 3 is 2.71 bits per heavy atom. The number of carbonyl (C=O) groups is 2. The second-order valence-corrected chi connectivity index (χ2v) is 7.84. The summed E-state index contributed by atoms with van der Waals surface area (Å²) in [5.41, 5.74) is 1.79. The zero-order valence-corrected chi connectivity index (χ0v) is 17.5. The molecule has 160 valence electrons. The van der Waals surface area contributed by atoms with Crippen LogP contribution in [0.15, 0.2) is 47.0 Å². The Labute approximate surface area is 183 Å². The number of rotatable bonds is 4. The van der Waals surface area contributed by atoms with E-state index in [1.807, 2.05) is 0 Å². The molecule has 3 aromatic rings. The standard InChI is InChI=1S/C22H20ClFN4O3/c1-13(29)25-17-7-4-14(5-8-17)20-26-21(31-27-20)16-3-2-10-28(12-16)22(30)15-6-9-19(24)18(23)11-15/h4-9,11,16H,2-3,10,12H2,1H3,(H,25,29)/t16-/m0/s1. The van der Waals surface area contributed by atoms with Crippen molar-refractivity contribution in [2.45, 2.75) is 25.7 Å². The largest absolute Gasteiger partial charge is 0.339 e. The molecule has 0 spiro atoms. The van der Waals surface area contributed by atoms with Gasteiger partial charge in [0.05, 0.1) is 10.9 Å². The van der Waals surface area contributed by atoms with Crippen LogP contribution in [0, 0.1) is 5.82 Å². The molecule has 4 rings (SSSR count). The van der Waals surface area contributed by atoms with Crippen molar-refractivity contribution in [2.24, 2.45) is 0 Å². The van der Waals surface area contributed by atoms with E-state index in [0.717, 1.165) is 18.4 Å². The van der Waals surface area contributed by atoms with Gasteiger partial charge in [0.1, 0.15) is 5.82 Å². The molecule has 7 nitrogen and oxygen atoms in total. The van der Waals surface area contributed by atoms with Gasteiger partial charge in [0.15, 0.2) is 0 Å². The first-order chi connectivity index (χ1) is 14.9. The van der Waals surface area contributed by atoms with Crippen molar-refractivity contribution >= 4 is 29.1 Å². The van der Waals surface area contributed by atoms with Crippen LogP contribution < -0.4 is 5.32 Å².